The molecular formula is C17H26N4O3. The van der Waals surface area contributed by atoms with Gasteiger partial charge in [0.05, 0.1) is 13.2 Å². The summed E-state index contributed by atoms with van der Waals surface area (Å²) in [5.41, 5.74) is -0.582. The average Bonchev–Trinajstić information content (AvgIpc) is 3.25. The Balaban J connectivity index is 1.65. The maximum absolute atomic E-state index is 12.6. The average molecular weight is 334 g/mol. The summed E-state index contributed by atoms with van der Waals surface area (Å²) in [6.07, 6.45) is 6.16. The molecular weight excluding hydrogens is 308 g/mol. The molecule has 0 unspecified atom stereocenters. The number of nitrogens with one attached hydrogen (secondary N) is 1. The molecule has 2 fully saturated rings. The van der Waals surface area contributed by atoms with E-state index in [1.54, 1.807) is 28.8 Å². The van der Waals surface area contributed by atoms with Crippen LogP contribution in [-0.2, 0) is 16.1 Å². The van der Waals surface area contributed by atoms with Gasteiger partial charge in [0.1, 0.15) is 5.69 Å². The zero-order valence-corrected chi connectivity index (χ0v) is 14.5. The Morgan fingerprint density at radius 2 is 2.17 bits per heavy atom. The van der Waals surface area contributed by atoms with Gasteiger partial charge in [0.25, 0.3) is 11.8 Å². The van der Waals surface area contributed by atoms with Gasteiger partial charge in [-0.1, -0.05) is 12.8 Å². The van der Waals surface area contributed by atoms with E-state index in [-0.39, 0.29) is 24.4 Å². The molecule has 1 aliphatic heterocycles. The number of nitrogens with zero attached hydrogens (tertiary/aromatic N) is 3. The summed E-state index contributed by atoms with van der Waals surface area (Å²) in [7, 11) is 0. The Morgan fingerprint density at radius 1 is 1.42 bits per heavy atom. The number of rotatable bonds is 4. The standard InChI is InChI=1S/C17H26N4O3/c1-3-21-9-8-14(19-21)15(22)20-10-11-24-17(2,12-20)16(23)18-13-6-4-5-7-13/h8-9,13H,3-7,10-12H2,1-2H3,(H,18,23)/t17-/m1/s1. The number of carbonyl (C=O) groups excluding carboxylic acids is 2. The number of carbonyl (C=O) groups is 2. The molecule has 2 amide bonds. The maximum atomic E-state index is 12.6. The van der Waals surface area contributed by atoms with Gasteiger partial charge in [-0.2, -0.15) is 5.10 Å². The molecule has 2 aliphatic rings. The number of aromatic nitrogens is 2. The smallest absolute Gasteiger partial charge is 0.274 e. The van der Waals surface area contributed by atoms with Gasteiger partial charge < -0.3 is 15.0 Å². The molecule has 0 bridgehead atoms. The minimum absolute atomic E-state index is 0.119. The van der Waals surface area contributed by atoms with Crippen LogP contribution in [0.15, 0.2) is 12.3 Å². The third-order valence-electron chi connectivity index (χ3n) is 4.92. The Labute approximate surface area is 142 Å². The van der Waals surface area contributed by atoms with Crippen molar-refractivity contribution < 1.29 is 14.3 Å². The summed E-state index contributed by atoms with van der Waals surface area (Å²) >= 11 is 0. The molecule has 7 nitrogen and oxygen atoms in total. The van der Waals surface area contributed by atoms with Crippen LogP contribution >= 0.6 is 0 Å². The second-order valence-corrected chi connectivity index (χ2v) is 6.82. The zero-order chi connectivity index (χ0) is 17.2. The van der Waals surface area contributed by atoms with Crippen molar-refractivity contribution in [1.82, 2.24) is 20.0 Å². The van der Waals surface area contributed by atoms with Gasteiger partial charge in [-0.05, 0) is 32.8 Å². The van der Waals surface area contributed by atoms with E-state index < -0.39 is 5.60 Å². The molecule has 7 heteroatoms. The summed E-state index contributed by atoms with van der Waals surface area (Å²) in [6.45, 7) is 5.54. The van der Waals surface area contributed by atoms with Crippen molar-refractivity contribution in [3.8, 4) is 0 Å². The van der Waals surface area contributed by atoms with Crippen molar-refractivity contribution in [1.29, 1.82) is 0 Å². The second-order valence-electron chi connectivity index (χ2n) is 6.82. The van der Waals surface area contributed by atoms with Crippen molar-refractivity contribution in [2.45, 2.75) is 57.7 Å². The fourth-order valence-electron chi connectivity index (χ4n) is 3.40. The van der Waals surface area contributed by atoms with Crippen LogP contribution in [0.4, 0.5) is 0 Å². The van der Waals surface area contributed by atoms with Crippen LogP contribution in [0.3, 0.4) is 0 Å². The highest BCUT2D eigenvalue weighted by molar-refractivity contribution is 5.93. The van der Waals surface area contributed by atoms with Crippen LogP contribution in [0.2, 0.25) is 0 Å². The lowest BCUT2D eigenvalue weighted by Crippen LogP contribution is -2.60. The van der Waals surface area contributed by atoms with Gasteiger partial charge in [0.2, 0.25) is 0 Å². The van der Waals surface area contributed by atoms with E-state index in [4.69, 9.17) is 4.74 Å². The first-order valence-corrected chi connectivity index (χ1v) is 8.79. The van der Waals surface area contributed by atoms with Crippen LogP contribution in [0.25, 0.3) is 0 Å². The molecule has 0 radical (unpaired) electrons. The molecule has 1 saturated heterocycles. The molecule has 24 heavy (non-hydrogen) atoms. The first-order chi connectivity index (χ1) is 11.5. The largest absolute Gasteiger partial charge is 0.362 e. The minimum Gasteiger partial charge on any atom is -0.362 e. The van der Waals surface area contributed by atoms with E-state index >= 15 is 0 Å². The molecule has 0 spiro atoms. The van der Waals surface area contributed by atoms with Gasteiger partial charge >= 0.3 is 0 Å². The molecule has 132 valence electrons. The van der Waals surface area contributed by atoms with Gasteiger partial charge in [-0.15, -0.1) is 0 Å². The lowest BCUT2D eigenvalue weighted by atomic mass is 10.0. The Morgan fingerprint density at radius 3 is 2.83 bits per heavy atom. The van der Waals surface area contributed by atoms with Crippen LogP contribution in [0.5, 0.6) is 0 Å². The lowest BCUT2D eigenvalue weighted by molar-refractivity contribution is -0.154. The SMILES string of the molecule is CCn1ccc(C(=O)N2CCO[C@@](C)(C(=O)NC3CCCC3)C2)n1. The Hall–Kier alpha value is -1.89. The third-order valence-corrected chi connectivity index (χ3v) is 4.92. The summed E-state index contributed by atoms with van der Waals surface area (Å²) in [5.74, 6) is -0.267. The number of hydrogen-bond donors (Lipinski definition) is 1. The number of hydrogen-bond acceptors (Lipinski definition) is 4. The summed E-state index contributed by atoms with van der Waals surface area (Å²) < 4.78 is 7.47. The number of amides is 2. The minimum atomic E-state index is -0.996. The second kappa shape index (κ2) is 6.93. The van der Waals surface area contributed by atoms with Crippen LogP contribution in [0.1, 0.15) is 50.0 Å². The predicted octanol–water partition coefficient (Wildman–Crippen LogP) is 1.19. The van der Waals surface area contributed by atoms with Crippen molar-refractivity contribution in [2.24, 2.45) is 0 Å². The van der Waals surface area contributed by atoms with E-state index in [1.165, 1.54) is 0 Å². The molecule has 1 atom stereocenters. The highest BCUT2D eigenvalue weighted by atomic mass is 16.5. The molecule has 2 heterocycles. The number of morpholine rings is 1. The van der Waals surface area contributed by atoms with Crippen molar-refractivity contribution in [3.63, 3.8) is 0 Å². The monoisotopic (exact) mass is 334 g/mol. The summed E-state index contributed by atoms with van der Waals surface area (Å²) in [6, 6.07) is 1.96. The zero-order valence-electron chi connectivity index (χ0n) is 14.5. The van der Waals surface area contributed by atoms with Gasteiger partial charge in [-0.25, -0.2) is 0 Å². The van der Waals surface area contributed by atoms with Gasteiger partial charge in [-0.3, -0.25) is 14.3 Å². The number of ether oxygens (including phenoxy) is 1. The van der Waals surface area contributed by atoms with Crippen LogP contribution in [0, 0.1) is 0 Å². The lowest BCUT2D eigenvalue weighted by Gasteiger charge is -2.39. The molecule has 1 aromatic heterocycles. The van der Waals surface area contributed by atoms with E-state index in [0.29, 0.717) is 18.8 Å². The molecule has 3 rings (SSSR count). The topological polar surface area (TPSA) is 76.5 Å². The van der Waals surface area contributed by atoms with Crippen LogP contribution in [-0.4, -0.2) is 57.8 Å². The van der Waals surface area contributed by atoms with Crippen molar-refractivity contribution in [2.75, 3.05) is 19.7 Å². The quantitative estimate of drug-likeness (QED) is 0.897. The predicted molar refractivity (Wildman–Crippen MR) is 88.6 cm³/mol. The van der Waals surface area contributed by atoms with E-state index in [0.717, 1.165) is 32.2 Å². The van der Waals surface area contributed by atoms with Crippen LogP contribution < -0.4 is 5.32 Å². The summed E-state index contributed by atoms with van der Waals surface area (Å²) in [4.78, 5) is 27.0. The van der Waals surface area contributed by atoms with E-state index in [9.17, 15) is 9.59 Å². The maximum Gasteiger partial charge on any atom is 0.274 e. The van der Waals surface area contributed by atoms with Gasteiger partial charge in [0, 0.05) is 25.3 Å². The molecule has 1 N–H and O–H groups in total. The highest BCUT2D eigenvalue weighted by Crippen LogP contribution is 2.22. The molecule has 1 aliphatic carbocycles. The first kappa shape index (κ1) is 17.0. The Kier molecular flexibility index (Phi) is 4.89. The molecule has 0 aromatic carbocycles. The molecule has 1 saturated carbocycles. The number of aryl methyl sites for hydroxylation is 1. The Bertz CT molecular complexity index is 609. The van der Waals surface area contributed by atoms with Crippen molar-refractivity contribution >= 4 is 11.8 Å². The van der Waals surface area contributed by atoms with Gasteiger partial charge in [0.15, 0.2) is 5.60 Å². The fourth-order valence-corrected chi connectivity index (χ4v) is 3.40. The molecule has 1 aromatic rings. The van der Waals surface area contributed by atoms with E-state index in [2.05, 4.69) is 10.4 Å². The third kappa shape index (κ3) is 3.45. The van der Waals surface area contributed by atoms with E-state index in [1.807, 2.05) is 6.92 Å². The first-order valence-electron chi connectivity index (χ1n) is 8.79. The summed E-state index contributed by atoms with van der Waals surface area (Å²) in [5, 5.41) is 7.34. The van der Waals surface area contributed by atoms with Crippen molar-refractivity contribution in [3.05, 3.63) is 18.0 Å². The highest BCUT2D eigenvalue weighted by Gasteiger charge is 2.42. The normalized spacial score (nSPS) is 25.0. The fraction of sp³-hybridized carbons (Fsp3) is 0.706.